The molecule has 0 aliphatic rings. The van der Waals surface area contributed by atoms with Crippen LogP contribution >= 0.6 is 22.9 Å². The summed E-state index contributed by atoms with van der Waals surface area (Å²) in [4.78, 5) is 12.3. The molecular formula is C11H6ClN3S. The van der Waals surface area contributed by atoms with Gasteiger partial charge in [0.15, 0.2) is 0 Å². The summed E-state index contributed by atoms with van der Waals surface area (Å²) in [6.45, 7) is 0. The Balaban J connectivity index is 2.18. The highest BCUT2D eigenvalue weighted by molar-refractivity contribution is 7.16. The third kappa shape index (κ3) is 1.66. The monoisotopic (exact) mass is 247 g/mol. The fraction of sp³-hybridized carbons (Fsp3) is 0. The molecule has 0 fully saturated rings. The lowest BCUT2D eigenvalue weighted by Gasteiger charge is -2.00. The zero-order chi connectivity index (χ0) is 11.0. The maximum absolute atomic E-state index is 5.76. The van der Waals surface area contributed by atoms with Gasteiger partial charge >= 0.3 is 0 Å². The first-order valence-electron chi connectivity index (χ1n) is 4.65. The van der Waals surface area contributed by atoms with Gasteiger partial charge in [0.25, 0.3) is 0 Å². The minimum atomic E-state index is 0.260. The first-order chi connectivity index (χ1) is 7.83. The summed E-state index contributed by atoms with van der Waals surface area (Å²) in [6, 6.07) is 7.89. The second-order valence-corrected chi connectivity index (χ2v) is 4.47. The van der Waals surface area contributed by atoms with Gasteiger partial charge in [-0.15, -0.1) is 11.3 Å². The average Bonchev–Trinajstić information content (AvgIpc) is 2.75. The number of aromatic nitrogens is 3. The standard InChI is InChI=1S/C11H6ClN3S/c12-11-13-4-3-8(15-11)7-1-2-10-9(5-7)14-6-16-10/h1-6H. The van der Waals surface area contributed by atoms with Gasteiger partial charge in [-0.2, -0.15) is 0 Å². The molecule has 0 saturated carbocycles. The van der Waals surface area contributed by atoms with E-state index in [9.17, 15) is 0 Å². The van der Waals surface area contributed by atoms with Crippen LogP contribution in [-0.4, -0.2) is 15.0 Å². The molecule has 0 saturated heterocycles. The summed E-state index contributed by atoms with van der Waals surface area (Å²) in [6.07, 6.45) is 1.65. The quantitative estimate of drug-likeness (QED) is 0.619. The van der Waals surface area contributed by atoms with E-state index >= 15 is 0 Å². The predicted molar refractivity (Wildman–Crippen MR) is 65.7 cm³/mol. The summed E-state index contributed by atoms with van der Waals surface area (Å²) in [7, 11) is 0. The van der Waals surface area contributed by atoms with Crippen molar-refractivity contribution in [3.63, 3.8) is 0 Å². The van der Waals surface area contributed by atoms with Crippen LogP contribution in [0.15, 0.2) is 36.0 Å². The van der Waals surface area contributed by atoms with Gasteiger partial charge < -0.3 is 0 Å². The minimum Gasteiger partial charge on any atom is -0.245 e. The van der Waals surface area contributed by atoms with Crippen molar-refractivity contribution in [2.24, 2.45) is 0 Å². The third-order valence-electron chi connectivity index (χ3n) is 2.25. The summed E-state index contributed by atoms with van der Waals surface area (Å²) in [5.74, 6) is 0. The van der Waals surface area contributed by atoms with Crippen LogP contribution in [0.4, 0.5) is 0 Å². The number of thiazole rings is 1. The predicted octanol–water partition coefficient (Wildman–Crippen LogP) is 3.41. The van der Waals surface area contributed by atoms with E-state index in [1.165, 1.54) is 4.70 Å². The van der Waals surface area contributed by atoms with Gasteiger partial charge in [-0.05, 0) is 29.8 Å². The fourth-order valence-corrected chi connectivity index (χ4v) is 2.32. The van der Waals surface area contributed by atoms with Gasteiger partial charge in [0.2, 0.25) is 5.28 Å². The number of hydrogen-bond acceptors (Lipinski definition) is 4. The van der Waals surface area contributed by atoms with Crippen molar-refractivity contribution < 1.29 is 0 Å². The second kappa shape index (κ2) is 3.81. The fourth-order valence-electron chi connectivity index (χ4n) is 1.51. The lowest BCUT2D eigenvalue weighted by atomic mass is 10.1. The first-order valence-corrected chi connectivity index (χ1v) is 5.91. The molecule has 3 nitrogen and oxygen atoms in total. The van der Waals surface area contributed by atoms with E-state index in [0.29, 0.717) is 0 Å². The van der Waals surface area contributed by atoms with E-state index in [2.05, 4.69) is 15.0 Å². The first kappa shape index (κ1) is 9.69. The smallest absolute Gasteiger partial charge is 0.222 e. The summed E-state index contributed by atoms with van der Waals surface area (Å²) in [5, 5.41) is 0.260. The van der Waals surface area contributed by atoms with E-state index in [0.717, 1.165) is 16.8 Å². The van der Waals surface area contributed by atoms with Crippen LogP contribution in [0.25, 0.3) is 21.5 Å². The number of nitrogens with zero attached hydrogens (tertiary/aromatic N) is 3. The lowest BCUT2D eigenvalue weighted by molar-refractivity contribution is 1.17. The van der Waals surface area contributed by atoms with Gasteiger partial charge in [0.1, 0.15) is 0 Å². The molecule has 1 aromatic carbocycles. The van der Waals surface area contributed by atoms with Crippen LogP contribution in [0.2, 0.25) is 5.28 Å². The van der Waals surface area contributed by atoms with Crippen LogP contribution < -0.4 is 0 Å². The molecule has 3 aromatic rings. The molecule has 0 aliphatic carbocycles. The number of halogens is 1. The van der Waals surface area contributed by atoms with Gasteiger partial charge in [-0.3, -0.25) is 0 Å². The Morgan fingerprint density at radius 3 is 2.94 bits per heavy atom. The van der Waals surface area contributed by atoms with Crippen molar-refractivity contribution >= 4 is 33.2 Å². The van der Waals surface area contributed by atoms with E-state index in [-0.39, 0.29) is 5.28 Å². The zero-order valence-electron chi connectivity index (χ0n) is 8.09. The molecule has 0 atom stereocenters. The highest BCUT2D eigenvalue weighted by Gasteiger charge is 2.03. The van der Waals surface area contributed by atoms with Crippen molar-refractivity contribution in [1.29, 1.82) is 0 Å². The maximum Gasteiger partial charge on any atom is 0.222 e. The third-order valence-corrected chi connectivity index (χ3v) is 3.24. The van der Waals surface area contributed by atoms with Crippen molar-refractivity contribution in [2.75, 3.05) is 0 Å². The Labute approximate surface area is 101 Å². The van der Waals surface area contributed by atoms with Crippen LogP contribution in [0.5, 0.6) is 0 Å². The molecule has 78 valence electrons. The maximum atomic E-state index is 5.76. The molecule has 0 N–H and O–H groups in total. The van der Waals surface area contributed by atoms with Crippen LogP contribution in [0.3, 0.4) is 0 Å². The van der Waals surface area contributed by atoms with E-state index in [1.807, 2.05) is 29.8 Å². The Kier molecular flexibility index (Phi) is 2.31. The average molecular weight is 248 g/mol. The second-order valence-electron chi connectivity index (χ2n) is 3.25. The van der Waals surface area contributed by atoms with Gasteiger partial charge in [0, 0.05) is 11.8 Å². The van der Waals surface area contributed by atoms with Gasteiger partial charge in [-0.25, -0.2) is 15.0 Å². The molecule has 0 radical (unpaired) electrons. The van der Waals surface area contributed by atoms with Crippen molar-refractivity contribution in [2.45, 2.75) is 0 Å². The Bertz CT molecular complexity index is 650. The highest BCUT2D eigenvalue weighted by Crippen LogP contribution is 2.24. The topological polar surface area (TPSA) is 38.7 Å². The number of fused-ring (bicyclic) bond motifs is 1. The highest BCUT2D eigenvalue weighted by atomic mass is 35.5. The molecular weight excluding hydrogens is 242 g/mol. The summed E-state index contributed by atoms with van der Waals surface area (Å²) < 4.78 is 1.17. The zero-order valence-corrected chi connectivity index (χ0v) is 9.66. The molecule has 0 unspecified atom stereocenters. The normalized spacial score (nSPS) is 10.8. The molecule has 0 spiro atoms. The number of benzene rings is 1. The number of hydrogen-bond donors (Lipinski definition) is 0. The van der Waals surface area contributed by atoms with Crippen LogP contribution in [0.1, 0.15) is 0 Å². The van der Waals surface area contributed by atoms with Crippen LogP contribution in [0, 0.1) is 0 Å². The summed E-state index contributed by atoms with van der Waals surface area (Å²) in [5.41, 5.74) is 4.64. The largest absolute Gasteiger partial charge is 0.245 e. The van der Waals surface area contributed by atoms with Crippen molar-refractivity contribution in [3.05, 3.63) is 41.3 Å². The molecule has 0 bridgehead atoms. The number of rotatable bonds is 1. The van der Waals surface area contributed by atoms with Gasteiger partial charge in [0.05, 0.1) is 21.4 Å². The van der Waals surface area contributed by atoms with E-state index in [4.69, 9.17) is 11.6 Å². The molecule has 0 amide bonds. The molecule has 0 aliphatic heterocycles. The Morgan fingerprint density at radius 1 is 1.12 bits per heavy atom. The SMILES string of the molecule is Clc1nccc(-c2ccc3scnc3c2)n1. The van der Waals surface area contributed by atoms with E-state index in [1.54, 1.807) is 17.5 Å². The molecule has 5 heteroatoms. The Hall–Kier alpha value is -1.52. The lowest BCUT2D eigenvalue weighted by Crippen LogP contribution is -1.86. The molecule has 2 heterocycles. The summed E-state index contributed by atoms with van der Waals surface area (Å²) >= 11 is 7.38. The Morgan fingerprint density at radius 2 is 2.06 bits per heavy atom. The van der Waals surface area contributed by atoms with Crippen LogP contribution in [-0.2, 0) is 0 Å². The van der Waals surface area contributed by atoms with Crippen molar-refractivity contribution in [1.82, 2.24) is 15.0 Å². The molecule has 2 aromatic heterocycles. The molecule has 16 heavy (non-hydrogen) atoms. The van der Waals surface area contributed by atoms with Gasteiger partial charge in [-0.1, -0.05) is 6.07 Å². The molecule has 3 rings (SSSR count). The minimum absolute atomic E-state index is 0.260. The van der Waals surface area contributed by atoms with Crippen molar-refractivity contribution in [3.8, 4) is 11.3 Å². The van der Waals surface area contributed by atoms with E-state index < -0.39 is 0 Å².